The van der Waals surface area contributed by atoms with E-state index in [2.05, 4.69) is 43.2 Å². The molecule has 1 aliphatic carbocycles. The molecule has 6 nitrogen and oxygen atoms in total. The number of fused-ring (bicyclic) bond motifs is 1. The number of halogens is 1. The van der Waals surface area contributed by atoms with Crippen molar-refractivity contribution in [3.05, 3.63) is 95.4 Å². The van der Waals surface area contributed by atoms with Crippen LogP contribution in [0.2, 0.25) is 0 Å². The van der Waals surface area contributed by atoms with E-state index in [9.17, 15) is 14.0 Å². The molecule has 1 fully saturated rings. The molecule has 1 heterocycles. The molecule has 0 bridgehead atoms. The highest BCUT2D eigenvalue weighted by molar-refractivity contribution is 5.95. The number of carbonyl (C=O) groups excluding carboxylic acids is 2. The lowest BCUT2D eigenvalue weighted by Crippen LogP contribution is -2.38. The molecule has 3 aromatic carbocycles. The number of H-pyrrole nitrogens is 1. The SMILES string of the molecule is Cc1[nH]c2ccccc2c1[C@H]1[C@H](CC(=O)N(CC(=O)Nc2ccc(N(C)C)cc2)Cc2ccccc2F)C1(C)C. The predicted molar refractivity (Wildman–Crippen MR) is 159 cm³/mol. The van der Waals surface area contributed by atoms with Crippen molar-refractivity contribution >= 4 is 34.1 Å². The largest absolute Gasteiger partial charge is 0.378 e. The number of aromatic nitrogens is 1. The Hall–Kier alpha value is -4.13. The van der Waals surface area contributed by atoms with Gasteiger partial charge in [-0.1, -0.05) is 50.2 Å². The first-order chi connectivity index (χ1) is 19.1. The van der Waals surface area contributed by atoms with E-state index in [-0.39, 0.29) is 54.4 Å². The van der Waals surface area contributed by atoms with Gasteiger partial charge in [0, 0.05) is 60.6 Å². The molecule has 5 rings (SSSR count). The minimum atomic E-state index is -0.390. The van der Waals surface area contributed by atoms with Crippen LogP contribution in [0.25, 0.3) is 10.9 Å². The van der Waals surface area contributed by atoms with E-state index < -0.39 is 0 Å². The van der Waals surface area contributed by atoms with Gasteiger partial charge in [0.15, 0.2) is 0 Å². The minimum absolute atomic E-state index is 0.0302. The van der Waals surface area contributed by atoms with Crippen molar-refractivity contribution < 1.29 is 14.0 Å². The van der Waals surface area contributed by atoms with Crippen molar-refractivity contribution in [3.63, 3.8) is 0 Å². The highest BCUT2D eigenvalue weighted by atomic mass is 19.1. The van der Waals surface area contributed by atoms with E-state index in [1.54, 1.807) is 18.2 Å². The summed E-state index contributed by atoms with van der Waals surface area (Å²) in [5.74, 6) is -0.533. The molecule has 1 aromatic heterocycles. The van der Waals surface area contributed by atoms with Gasteiger partial charge in [-0.05, 0) is 66.1 Å². The van der Waals surface area contributed by atoms with Crippen LogP contribution in [0.15, 0.2) is 72.8 Å². The third-order valence-electron chi connectivity index (χ3n) is 8.37. The number of carbonyl (C=O) groups is 2. The van der Waals surface area contributed by atoms with E-state index in [1.807, 2.05) is 55.4 Å². The maximum absolute atomic E-state index is 14.6. The highest BCUT2D eigenvalue weighted by Gasteiger charge is 2.59. The van der Waals surface area contributed by atoms with Gasteiger partial charge in [-0.15, -0.1) is 0 Å². The Labute approximate surface area is 235 Å². The number of benzene rings is 3. The number of para-hydroxylation sites is 1. The molecule has 0 saturated heterocycles. The number of hydrogen-bond donors (Lipinski definition) is 2. The van der Waals surface area contributed by atoms with Gasteiger partial charge < -0.3 is 20.1 Å². The van der Waals surface area contributed by atoms with Crippen LogP contribution in [0.3, 0.4) is 0 Å². The summed E-state index contributed by atoms with van der Waals surface area (Å²) in [5, 5.41) is 4.08. The van der Waals surface area contributed by atoms with Gasteiger partial charge in [-0.2, -0.15) is 0 Å². The lowest BCUT2D eigenvalue weighted by Gasteiger charge is -2.23. The van der Waals surface area contributed by atoms with Crippen molar-refractivity contribution in [2.75, 3.05) is 30.9 Å². The number of nitrogens with one attached hydrogen (secondary N) is 2. The molecule has 0 aliphatic heterocycles. The van der Waals surface area contributed by atoms with Gasteiger partial charge in [-0.3, -0.25) is 9.59 Å². The predicted octanol–water partition coefficient (Wildman–Crippen LogP) is 6.48. The normalized spacial score (nSPS) is 17.4. The smallest absolute Gasteiger partial charge is 0.244 e. The zero-order valence-electron chi connectivity index (χ0n) is 23.8. The van der Waals surface area contributed by atoms with Crippen LogP contribution >= 0.6 is 0 Å². The molecule has 0 radical (unpaired) electrons. The van der Waals surface area contributed by atoms with Crippen molar-refractivity contribution in [2.24, 2.45) is 11.3 Å². The molecule has 2 atom stereocenters. The summed E-state index contributed by atoms with van der Waals surface area (Å²) < 4.78 is 14.6. The molecule has 2 amide bonds. The fourth-order valence-electron chi connectivity index (χ4n) is 6.00. The Bertz CT molecular complexity index is 1540. The van der Waals surface area contributed by atoms with Gasteiger partial charge in [-0.25, -0.2) is 4.39 Å². The Morgan fingerprint density at radius 1 is 0.975 bits per heavy atom. The Morgan fingerprint density at radius 3 is 2.35 bits per heavy atom. The molecule has 208 valence electrons. The molecule has 7 heteroatoms. The van der Waals surface area contributed by atoms with Crippen LogP contribution in [-0.4, -0.2) is 42.3 Å². The highest BCUT2D eigenvalue weighted by Crippen LogP contribution is 2.67. The standard InChI is InChI=1S/C33H37FN4O2/c1-21-31(25-11-7-9-13-28(25)35-21)32-26(33(32,2)3)18-30(40)38(19-22-10-6-8-12-27(22)34)20-29(39)36-23-14-16-24(17-15-23)37(4)5/h6-17,26,32,35H,18-20H2,1-5H3,(H,36,39)/t26-,32+/m0/s1. The van der Waals surface area contributed by atoms with E-state index >= 15 is 0 Å². The molecule has 0 spiro atoms. The lowest BCUT2D eigenvalue weighted by atomic mass is 10.0. The molecule has 2 N–H and O–H groups in total. The van der Waals surface area contributed by atoms with Crippen LogP contribution in [0.1, 0.15) is 43.0 Å². The summed E-state index contributed by atoms with van der Waals surface area (Å²) in [6.45, 7) is 6.35. The van der Waals surface area contributed by atoms with Crippen LogP contribution in [0.4, 0.5) is 15.8 Å². The molecular formula is C33H37FN4O2. The van der Waals surface area contributed by atoms with Gasteiger partial charge in [0.25, 0.3) is 0 Å². The van der Waals surface area contributed by atoms with E-state index in [4.69, 9.17) is 0 Å². The first kappa shape index (κ1) is 27.4. The van der Waals surface area contributed by atoms with Gasteiger partial charge >= 0.3 is 0 Å². The van der Waals surface area contributed by atoms with E-state index in [0.29, 0.717) is 11.3 Å². The summed E-state index contributed by atoms with van der Waals surface area (Å²) in [7, 11) is 3.90. The molecule has 4 aromatic rings. The average molecular weight is 541 g/mol. The van der Waals surface area contributed by atoms with Crippen LogP contribution in [0.5, 0.6) is 0 Å². The van der Waals surface area contributed by atoms with E-state index in [0.717, 1.165) is 16.9 Å². The summed E-state index contributed by atoms with van der Waals surface area (Å²) in [6, 6.07) is 22.2. The number of hydrogen-bond acceptors (Lipinski definition) is 3. The first-order valence-electron chi connectivity index (χ1n) is 13.7. The third kappa shape index (κ3) is 5.46. The van der Waals surface area contributed by atoms with Crippen molar-refractivity contribution in [2.45, 2.75) is 39.7 Å². The zero-order valence-corrected chi connectivity index (χ0v) is 23.8. The van der Waals surface area contributed by atoms with Gasteiger partial charge in [0.05, 0.1) is 0 Å². The number of anilines is 2. The Morgan fingerprint density at radius 2 is 1.65 bits per heavy atom. The van der Waals surface area contributed by atoms with Crippen molar-refractivity contribution in [1.29, 1.82) is 0 Å². The maximum atomic E-state index is 14.6. The average Bonchev–Trinajstić information content (AvgIpc) is 3.26. The second kappa shape index (κ2) is 10.8. The second-order valence-corrected chi connectivity index (χ2v) is 11.6. The minimum Gasteiger partial charge on any atom is -0.378 e. The summed E-state index contributed by atoms with van der Waals surface area (Å²) in [4.78, 5) is 33.8. The fraction of sp³-hybridized carbons (Fsp3) is 0.333. The van der Waals surface area contributed by atoms with E-state index in [1.165, 1.54) is 21.9 Å². The van der Waals surface area contributed by atoms with Crippen LogP contribution in [0, 0.1) is 24.1 Å². The van der Waals surface area contributed by atoms with Gasteiger partial charge in [0.1, 0.15) is 12.4 Å². The Kier molecular flexibility index (Phi) is 7.41. The molecule has 1 saturated carbocycles. The van der Waals surface area contributed by atoms with Gasteiger partial charge in [0.2, 0.25) is 11.8 Å². The fourth-order valence-corrected chi connectivity index (χ4v) is 6.00. The second-order valence-electron chi connectivity index (χ2n) is 11.6. The molecule has 1 aliphatic rings. The number of aryl methyl sites for hydroxylation is 1. The first-order valence-corrected chi connectivity index (χ1v) is 13.7. The zero-order chi connectivity index (χ0) is 28.6. The van der Waals surface area contributed by atoms with Crippen LogP contribution in [-0.2, 0) is 16.1 Å². The number of nitrogens with zero attached hydrogens (tertiary/aromatic N) is 2. The monoisotopic (exact) mass is 540 g/mol. The topological polar surface area (TPSA) is 68.4 Å². The quantitative estimate of drug-likeness (QED) is 0.255. The van der Waals surface area contributed by atoms with Crippen LogP contribution < -0.4 is 10.2 Å². The maximum Gasteiger partial charge on any atom is 0.244 e. The number of rotatable bonds is 9. The Balaban J connectivity index is 1.34. The number of aromatic amines is 1. The lowest BCUT2D eigenvalue weighted by molar-refractivity contribution is -0.135. The third-order valence-corrected chi connectivity index (χ3v) is 8.37. The molecule has 40 heavy (non-hydrogen) atoms. The molecule has 0 unspecified atom stereocenters. The summed E-state index contributed by atoms with van der Waals surface area (Å²) in [5.41, 5.74) is 5.45. The summed E-state index contributed by atoms with van der Waals surface area (Å²) >= 11 is 0. The van der Waals surface area contributed by atoms with Crippen molar-refractivity contribution in [3.8, 4) is 0 Å². The number of amides is 2. The van der Waals surface area contributed by atoms with Crippen molar-refractivity contribution in [1.82, 2.24) is 9.88 Å². The summed E-state index contributed by atoms with van der Waals surface area (Å²) in [6.07, 6.45) is 0.288. The molecular weight excluding hydrogens is 503 g/mol.